The number of aryl methyl sites for hydroxylation is 1. The molecule has 6 nitrogen and oxygen atoms in total. The van der Waals surface area contributed by atoms with Crippen LogP contribution in [0.1, 0.15) is 35.7 Å². The number of rotatable bonds is 7. The number of aliphatic imine (C=N–C) groups is 1. The molecular weight excluding hydrogens is 494 g/mol. The summed E-state index contributed by atoms with van der Waals surface area (Å²) >= 11 is 0. The molecule has 0 amide bonds. The fraction of sp³-hybridized carbons (Fsp3) is 0.318. The third-order valence-electron chi connectivity index (χ3n) is 4.86. The molecule has 2 N–H and O–H groups in total. The molecule has 8 heteroatoms. The van der Waals surface area contributed by atoms with Crippen LogP contribution in [0.25, 0.3) is 0 Å². The Hall–Kier alpha value is -2.49. The minimum Gasteiger partial charge on any atom is -0.356 e. The van der Waals surface area contributed by atoms with Gasteiger partial charge in [-0.3, -0.25) is 0 Å². The van der Waals surface area contributed by atoms with E-state index >= 15 is 0 Å². The molecule has 0 bridgehead atoms. The first-order valence-corrected chi connectivity index (χ1v) is 9.72. The summed E-state index contributed by atoms with van der Waals surface area (Å²) in [7, 11) is 1.92. The van der Waals surface area contributed by atoms with Gasteiger partial charge in [0.2, 0.25) is 0 Å². The Morgan fingerprint density at radius 1 is 1.10 bits per heavy atom. The fourth-order valence-electron chi connectivity index (χ4n) is 2.94. The van der Waals surface area contributed by atoms with Gasteiger partial charge in [0, 0.05) is 13.6 Å². The Bertz CT molecular complexity index is 957. The molecule has 0 aliphatic carbocycles. The highest BCUT2D eigenvalue weighted by Gasteiger charge is 2.10. The predicted octanol–water partition coefficient (Wildman–Crippen LogP) is 3.92. The quantitative estimate of drug-likeness (QED) is 0.281. The van der Waals surface area contributed by atoms with Crippen molar-refractivity contribution < 1.29 is 4.39 Å². The number of nitrogens with zero attached hydrogens (tertiary/aromatic N) is 4. The first-order valence-electron chi connectivity index (χ1n) is 9.72. The van der Waals surface area contributed by atoms with Crippen molar-refractivity contribution in [2.45, 2.75) is 32.9 Å². The highest BCUT2D eigenvalue weighted by atomic mass is 127. The van der Waals surface area contributed by atoms with Crippen LogP contribution in [0.2, 0.25) is 0 Å². The lowest BCUT2D eigenvalue weighted by Gasteiger charge is -2.19. The number of hydrogen-bond donors (Lipinski definition) is 2. The van der Waals surface area contributed by atoms with E-state index < -0.39 is 0 Å². The first-order chi connectivity index (χ1) is 14.0. The molecule has 30 heavy (non-hydrogen) atoms. The number of aromatic nitrogens is 3. The third kappa shape index (κ3) is 6.51. The largest absolute Gasteiger partial charge is 0.356 e. The van der Waals surface area contributed by atoms with E-state index in [1.807, 2.05) is 42.8 Å². The van der Waals surface area contributed by atoms with Crippen molar-refractivity contribution in [3.8, 4) is 0 Å². The van der Waals surface area contributed by atoms with Crippen LogP contribution in [-0.2, 0) is 20.0 Å². The molecule has 0 aliphatic heterocycles. The maximum absolute atomic E-state index is 13.9. The van der Waals surface area contributed by atoms with Gasteiger partial charge in [0.15, 0.2) is 11.8 Å². The Kier molecular flexibility index (Phi) is 9.22. The summed E-state index contributed by atoms with van der Waals surface area (Å²) in [6.45, 7) is 4.94. The molecule has 1 heterocycles. The monoisotopic (exact) mass is 522 g/mol. The second kappa shape index (κ2) is 11.6. The summed E-state index contributed by atoms with van der Waals surface area (Å²) in [5, 5.41) is 15.0. The van der Waals surface area contributed by atoms with Gasteiger partial charge in [0.1, 0.15) is 18.2 Å². The Labute approximate surface area is 194 Å². The summed E-state index contributed by atoms with van der Waals surface area (Å²) in [6.07, 6.45) is 0.566. The predicted molar refractivity (Wildman–Crippen MR) is 128 cm³/mol. The lowest BCUT2D eigenvalue weighted by atomic mass is 10.1. The molecule has 2 aromatic carbocycles. The van der Waals surface area contributed by atoms with Gasteiger partial charge in [0.05, 0.1) is 6.04 Å². The SMILES string of the molecule is Cc1nnc(CN=C(NCCc2ccccc2F)NC(C)c2ccccc2)n1C.I. The molecule has 1 unspecified atom stereocenters. The van der Waals surface area contributed by atoms with E-state index in [1.54, 1.807) is 12.1 Å². The summed E-state index contributed by atoms with van der Waals surface area (Å²) in [5.41, 5.74) is 1.84. The maximum Gasteiger partial charge on any atom is 0.192 e. The smallest absolute Gasteiger partial charge is 0.192 e. The van der Waals surface area contributed by atoms with Crippen molar-refractivity contribution in [2.75, 3.05) is 6.54 Å². The minimum atomic E-state index is -0.187. The number of nitrogens with one attached hydrogen (secondary N) is 2. The van der Waals surface area contributed by atoms with Crippen LogP contribution in [0.3, 0.4) is 0 Å². The lowest BCUT2D eigenvalue weighted by Crippen LogP contribution is -2.40. The molecule has 0 spiro atoms. The molecule has 0 saturated heterocycles. The normalized spacial score (nSPS) is 12.2. The van der Waals surface area contributed by atoms with Crippen LogP contribution in [0, 0.1) is 12.7 Å². The zero-order valence-electron chi connectivity index (χ0n) is 17.5. The van der Waals surface area contributed by atoms with Crippen LogP contribution in [-0.4, -0.2) is 27.3 Å². The molecule has 0 fully saturated rings. The van der Waals surface area contributed by atoms with Gasteiger partial charge < -0.3 is 15.2 Å². The Morgan fingerprint density at radius 2 is 1.80 bits per heavy atom. The van der Waals surface area contributed by atoms with E-state index in [0.717, 1.165) is 17.2 Å². The maximum atomic E-state index is 13.9. The molecule has 0 aliphatic rings. The molecule has 3 aromatic rings. The van der Waals surface area contributed by atoms with Gasteiger partial charge in [-0.15, -0.1) is 34.2 Å². The number of benzene rings is 2. The summed E-state index contributed by atoms with van der Waals surface area (Å²) in [4.78, 5) is 4.66. The molecule has 0 radical (unpaired) electrons. The molecule has 1 atom stereocenters. The molecule has 160 valence electrons. The van der Waals surface area contributed by atoms with Crippen molar-refractivity contribution in [1.29, 1.82) is 0 Å². The van der Waals surface area contributed by atoms with Crippen LogP contribution in [0.4, 0.5) is 4.39 Å². The number of hydrogen-bond acceptors (Lipinski definition) is 3. The number of guanidine groups is 1. The average Bonchev–Trinajstić information content (AvgIpc) is 3.06. The van der Waals surface area contributed by atoms with E-state index in [9.17, 15) is 4.39 Å². The van der Waals surface area contributed by atoms with Crippen LogP contribution in [0.15, 0.2) is 59.6 Å². The average molecular weight is 522 g/mol. The van der Waals surface area contributed by atoms with Gasteiger partial charge in [-0.2, -0.15) is 0 Å². The van der Waals surface area contributed by atoms with Crippen molar-refractivity contribution in [3.63, 3.8) is 0 Å². The van der Waals surface area contributed by atoms with E-state index in [2.05, 4.69) is 44.9 Å². The Morgan fingerprint density at radius 3 is 2.47 bits per heavy atom. The van der Waals surface area contributed by atoms with Crippen LogP contribution < -0.4 is 10.6 Å². The molecular formula is C22H28FIN6. The summed E-state index contributed by atoms with van der Waals surface area (Å²) in [6, 6.07) is 17.1. The van der Waals surface area contributed by atoms with E-state index in [0.29, 0.717) is 31.0 Å². The zero-order chi connectivity index (χ0) is 20.6. The van der Waals surface area contributed by atoms with Gasteiger partial charge >= 0.3 is 0 Å². The van der Waals surface area contributed by atoms with Crippen molar-refractivity contribution in [2.24, 2.45) is 12.0 Å². The second-order valence-corrected chi connectivity index (χ2v) is 6.93. The zero-order valence-corrected chi connectivity index (χ0v) is 19.8. The van der Waals surface area contributed by atoms with Gasteiger partial charge in [-0.05, 0) is 37.5 Å². The van der Waals surface area contributed by atoms with Crippen molar-refractivity contribution in [3.05, 3.63) is 83.2 Å². The van der Waals surface area contributed by atoms with Crippen LogP contribution in [0.5, 0.6) is 0 Å². The van der Waals surface area contributed by atoms with Crippen LogP contribution >= 0.6 is 24.0 Å². The van der Waals surface area contributed by atoms with Gasteiger partial charge in [0.25, 0.3) is 0 Å². The van der Waals surface area contributed by atoms with Gasteiger partial charge in [-0.1, -0.05) is 48.5 Å². The van der Waals surface area contributed by atoms with Crippen molar-refractivity contribution >= 4 is 29.9 Å². The number of halogens is 2. The second-order valence-electron chi connectivity index (χ2n) is 6.93. The van der Waals surface area contributed by atoms with E-state index in [4.69, 9.17) is 0 Å². The summed E-state index contributed by atoms with van der Waals surface area (Å²) in [5.74, 6) is 2.09. The topological polar surface area (TPSA) is 67.1 Å². The Balaban J connectivity index is 0.00000320. The third-order valence-corrected chi connectivity index (χ3v) is 4.86. The minimum absolute atomic E-state index is 0. The lowest BCUT2D eigenvalue weighted by molar-refractivity contribution is 0.605. The molecule has 1 aromatic heterocycles. The highest BCUT2D eigenvalue weighted by molar-refractivity contribution is 14.0. The van der Waals surface area contributed by atoms with Crippen molar-refractivity contribution in [1.82, 2.24) is 25.4 Å². The van der Waals surface area contributed by atoms with Gasteiger partial charge in [-0.25, -0.2) is 9.38 Å². The molecule has 3 rings (SSSR count). The highest BCUT2D eigenvalue weighted by Crippen LogP contribution is 2.11. The van der Waals surface area contributed by atoms with E-state index in [-0.39, 0.29) is 35.8 Å². The summed E-state index contributed by atoms with van der Waals surface area (Å²) < 4.78 is 15.8. The molecule has 0 saturated carbocycles. The first kappa shape index (κ1) is 23.8. The standard InChI is InChI=1S/C22H27FN6.HI/c1-16(18-9-5-4-6-10-18)26-22(25-15-21-28-27-17(2)29(21)3)24-14-13-19-11-7-8-12-20(19)23;/h4-12,16H,13-15H2,1-3H3,(H2,24,25,26);1H. The fourth-order valence-corrected chi connectivity index (χ4v) is 2.94. The van der Waals surface area contributed by atoms with E-state index in [1.165, 1.54) is 6.07 Å².